The van der Waals surface area contributed by atoms with Gasteiger partial charge in [-0.1, -0.05) is 6.07 Å². The van der Waals surface area contributed by atoms with E-state index in [0.29, 0.717) is 24.0 Å². The summed E-state index contributed by atoms with van der Waals surface area (Å²) in [4.78, 5) is 23.6. The molecule has 3 unspecified atom stereocenters. The van der Waals surface area contributed by atoms with Gasteiger partial charge < -0.3 is 19.3 Å². The third-order valence-electron chi connectivity index (χ3n) is 4.15. The van der Waals surface area contributed by atoms with Crippen LogP contribution < -0.4 is 0 Å². The highest BCUT2D eigenvalue weighted by Gasteiger charge is 2.48. The molecule has 0 bridgehead atoms. The van der Waals surface area contributed by atoms with E-state index in [1.807, 2.05) is 0 Å². The Morgan fingerprint density at radius 1 is 1.36 bits per heavy atom. The highest BCUT2D eigenvalue weighted by atomic mass is 19.1. The molecular formula is C16H17F2NO6. The van der Waals surface area contributed by atoms with Gasteiger partial charge in [-0.3, -0.25) is 0 Å². The smallest absolute Gasteiger partial charge is 0.420 e. The first kappa shape index (κ1) is 17.6. The molecule has 0 spiro atoms. The van der Waals surface area contributed by atoms with E-state index in [-0.39, 0.29) is 12.2 Å². The maximum atomic E-state index is 14.1. The Bertz CT molecular complexity index is 664. The number of amides is 2. The molecule has 2 saturated heterocycles. The van der Waals surface area contributed by atoms with Gasteiger partial charge in [0.2, 0.25) is 0 Å². The van der Waals surface area contributed by atoms with Gasteiger partial charge in [-0.05, 0) is 25.3 Å². The molecule has 2 fully saturated rings. The molecule has 7 nitrogen and oxygen atoms in total. The summed E-state index contributed by atoms with van der Waals surface area (Å²) in [6.07, 6.45) is -1.74. The monoisotopic (exact) mass is 357 g/mol. The van der Waals surface area contributed by atoms with Gasteiger partial charge in [-0.15, -0.1) is 0 Å². The first-order valence-corrected chi connectivity index (χ1v) is 7.88. The molecule has 2 aliphatic rings. The summed E-state index contributed by atoms with van der Waals surface area (Å²) in [6.45, 7) is 0.383. The summed E-state index contributed by atoms with van der Waals surface area (Å²) in [5.41, 5.74) is -0.159. The second-order valence-electron chi connectivity index (χ2n) is 5.81. The molecule has 1 aromatic rings. The summed E-state index contributed by atoms with van der Waals surface area (Å²) in [6, 6.07) is 1.44. The van der Waals surface area contributed by atoms with Gasteiger partial charge in [0.15, 0.2) is 12.4 Å². The number of carbonyl (C=O) groups excluding carboxylic acids is 1. The molecule has 2 amide bonds. The van der Waals surface area contributed by atoms with Crippen molar-refractivity contribution in [3.05, 3.63) is 35.4 Å². The molecule has 9 heteroatoms. The molecule has 0 radical (unpaired) electrons. The van der Waals surface area contributed by atoms with Gasteiger partial charge in [0.25, 0.3) is 0 Å². The molecule has 136 valence electrons. The fraction of sp³-hybridized carbons (Fsp3) is 0.500. The van der Waals surface area contributed by atoms with E-state index in [1.165, 1.54) is 0 Å². The Morgan fingerprint density at radius 3 is 2.80 bits per heavy atom. The van der Waals surface area contributed by atoms with Crippen LogP contribution in [-0.4, -0.2) is 47.8 Å². The van der Waals surface area contributed by atoms with Crippen LogP contribution in [0.25, 0.3) is 0 Å². The molecule has 25 heavy (non-hydrogen) atoms. The third kappa shape index (κ3) is 3.72. The van der Waals surface area contributed by atoms with Crippen molar-refractivity contribution < 1.29 is 37.7 Å². The highest BCUT2D eigenvalue weighted by molar-refractivity contribution is 5.89. The molecule has 1 aromatic carbocycles. The second-order valence-corrected chi connectivity index (χ2v) is 5.81. The number of imide groups is 1. The van der Waals surface area contributed by atoms with Crippen molar-refractivity contribution in [3.63, 3.8) is 0 Å². The van der Waals surface area contributed by atoms with Gasteiger partial charge >= 0.3 is 12.2 Å². The van der Waals surface area contributed by atoms with Gasteiger partial charge in [-0.2, -0.15) is 0 Å². The molecule has 3 atom stereocenters. The lowest BCUT2D eigenvalue weighted by molar-refractivity contribution is -0.174. The van der Waals surface area contributed by atoms with E-state index in [4.69, 9.17) is 14.2 Å². The van der Waals surface area contributed by atoms with Crippen LogP contribution in [0.2, 0.25) is 0 Å². The Morgan fingerprint density at radius 2 is 2.16 bits per heavy atom. The van der Waals surface area contributed by atoms with E-state index < -0.39 is 42.3 Å². The van der Waals surface area contributed by atoms with Crippen molar-refractivity contribution in [2.45, 2.75) is 37.7 Å². The number of cyclic esters (lactones) is 1. The molecule has 1 N–H and O–H groups in total. The maximum Gasteiger partial charge on any atom is 0.420 e. The first-order valence-electron chi connectivity index (χ1n) is 7.88. The second kappa shape index (κ2) is 7.32. The predicted molar refractivity (Wildman–Crippen MR) is 78.8 cm³/mol. The quantitative estimate of drug-likeness (QED) is 0.891. The standard InChI is InChI=1S/C16H17F2NO6/c17-9-4-5-10(11(18)7-9)14-12(25-16(22)19(14)15(20)21)8-24-13-3-1-2-6-23-13/h4-5,7,12-14H,1-3,6,8H2,(H,20,21). The minimum absolute atomic E-state index is 0.159. The van der Waals surface area contributed by atoms with Gasteiger partial charge in [0.1, 0.15) is 17.7 Å². The number of rotatable bonds is 4. The van der Waals surface area contributed by atoms with Crippen molar-refractivity contribution in [1.82, 2.24) is 4.90 Å². The molecule has 3 rings (SSSR count). The summed E-state index contributed by atoms with van der Waals surface area (Å²) in [7, 11) is 0. The van der Waals surface area contributed by atoms with Crippen LogP contribution in [0.1, 0.15) is 30.9 Å². The van der Waals surface area contributed by atoms with E-state index in [0.717, 1.165) is 25.0 Å². The minimum Gasteiger partial charge on any atom is -0.465 e. The zero-order chi connectivity index (χ0) is 18.0. The Kier molecular flexibility index (Phi) is 5.14. The normalized spacial score (nSPS) is 26.6. The first-order chi connectivity index (χ1) is 12.0. The predicted octanol–water partition coefficient (Wildman–Crippen LogP) is 3.05. The van der Waals surface area contributed by atoms with Gasteiger partial charge in [0, 0.05) is 18.2 Å². The Hall–Kier alpha value is -2.26. The van der Waals surface area contributed by atoms with E-state index in [2.05, 4.69) is 0 Å². The third-order valence-corrected chi connectivity index (χ3v) is 4.15. The van der Waals surface area contributed by atoms with Crippen molar-refractivity contribution in [2.75, 3.05) is 13.2 Å². The van der Waals surface area contributed by atoms with Crippen LogP contribution in [0, 0.1) is 11.6 Å². The van der Waals surface area contributed by atoms with Crippen molar-refractivity contribution >= 4 is 12.2 Å². The van der Waals surface area contributed by atoms with Crippen molar-refractivity contribution in [1.29, 1.82) is 0 Å². The zero-order valence-corrected chi connectivity index (χ0v) is 13.2. The molecule has 2 heterocycles. The number of halogens is 2. The largest absolute Gasteiger partial charge is 0.465 e. The van der Waals surface area contributed by atoms with Crippen molar-refractivity contribution in [3.8, 4) is 0 Å². The lowest BCUT2D eigenvalue weighted by Gasteiger charge is -2.26. The van der Waals surface area contributed by atoms with Gasteiger partial charge in [-0.25, -0.2) is 23.3 Å². The van der Waals surface area contributed by atoms with Crippen LogP contribution >= 0.6 is 0 Å². The zero-order valence-electron chi connectivity index (χ0n) is 13.2. The molecule has 0 aromatic heterocycles. The Balaban J connectivity index is 1.82. The molecular weight excluding hydrogens is 340 g/mol. The maximum absolute atomic E-state index is 14.1. The summed E-state index contributed by atoms with van der Waals surface area (Å²) < 4.78 is 43.3. The van der Waals surface area contributed by atoms with Crippen LogP contribution in [0.15, 0.2) is 18.2 Å². The molecule has 0 saturated carbocycles. The van der Waals surface area contributed by atoms with Crippen LogP contribution in [0.3, 0.4) is 0 Å². The number of hydrogen-bond acceptors (Lipinski definition) is 5. The van der Waals surface area contributed by atoms with E-state index >= 15 is 0 Å². The number of nitrogens with zero attached hydrogens (tertiary/aromatic N) is 1. The average Bonchev–Trinajstić information content (AvgIpc) is 2.90. The summed E-state index contributed by atoms with van der Waals surface area (Å²) in [5, 5.41) is 9.26. The SMILES string of the molecule is O=C(O)N1C(=O)OC(COC2CCCCO2)C1c1ccc(F)cc1F. The van der Waals surface area contributed by atoms with Crippen molar-refractivity contribution in [2.24, 2.45) is 0 Å². The lowest BCUT2D eigenvalue weighted by atomic mass is 10.0. The Labute approximate surface area is 142 Å². The highest BCUT2D eigenvalue weighted by Crippen LogP contribution is 2.35. The average molecular weight is 357 g/mol. The number of benzene rings is 1. The van der Waals surface area contributed by atoms with E-state index in [9.17, 15) is 23.5 Å². The summed E-state index contributed by atoms with van der Waals surface area (Å²) in [5.74, 6) is -1.77. The van der Waals surface area contributed by atoms with Gasteiger partial charge in [0.05, 0.1) is 6.61 Å². The number of carboxylic acid groups (broad SMARTS) is 1. The number of ether oxygens (including phenoxy) is 3. The van der Waals surface area contributed by atoms with E-state index in [1.54, 1.807) is 0 Å². The van der Waals surface area contributed by atoms with Crippen LogP contribution in [0.4, 0.5) is 18.4 Å². The number of carbonyl (C=O) groups is 2. The molecule has 0 aliphatic carbocycles. The fourth-order valence-electron chi connectivity index (χ4n) is 2.98. The lowest BCUT2D eigenvalue weighted by Crippen LogP contribution is -2.36. The van der Waals surface area contributed by atoms with Crippen LogP contribution in [0.5, 0.6) is 0 Å². The fourth-order valence-corrected chi connectivity index (χ4v) is 2.98. The topological polar surface area (TPSA) is 85.3 Å². The van der Waals surface area contributed by atoms with Crippen LogP contribution in [-0.2, 0) is 14.2 Å². The minimum atomic E-state index is -1.59. The summed E-state index contributed by atoms with van der Waals surface area (Å²) >= 11 is 0. The number of hydrogen-bond donors (Lipinski definition) is 1. The molecule has 2 aliphatic heterocycles.